The van der Waals surface area contributed by atoms with Gasteiger partial charge >= 0.3 is 0 Å². The minimum absolute atomic E-state index is 0.139. The molecule has 0 spiro atoms. The zero-order valence-electron chi connectivity index (χ0n) is 10.3. The van der Waals surface area contributed by atoms with Crippen LogP contribution in [0.1, 0.15) is 26.7 Å². The number of hydrogen-bond acceptors (Lipinski definition) is 3. The molecule has 0 aliphatic carbocycles. The molecule has 2 rings (SSSR count). The third kappa shape index (κ3) is 2.38. The van der Waals surface area contributed by atoms with E-state index in [0.717, 1.165) is 38.4 Å². The topological polar surface area (TPSA) is 32.3 Å². The maximum Gasteiger partial charge on any atom is 0.229 e. The second-order valence-electron chi connectivity index (χ2n) is 5.14. The van der Waals surface area contributed by atoms with Gasteiger partial charge in [0.15, 0.2) is 0 Å². The summed E-state index contributed by atoms with van der Waals surface area (Å²) in [5.41, 5.74) is -0.139. The minimum atomic E-state index is -0.139. The van der Waals surface area contributed by atoms with Gasteiger partial charge in [-0.15, -0.1) is 0 Å². The van der Waals surface area contributed by atoms with E-state index in [1.807, 2.05) is 11.8 Å². The van der Waals surface area contributed by atoms with Crippen molar-refractivity contribution in [3.63, 3.8) is 0 Å². The molecule has 2 aliphatic heterocycles. The van der Waals surface area contributed by atoms with Crippen molar-refractivity contribution in [1.82, 2.24) is 10.2 Å². The van der Waals surface area contributed by atoms with E-state index in [1.54, 1.807) is 0 Å². The summed E-state index contributed by atoms with van der Waals surface area (Å²) in [6.07, 6.45) is 2.16. The van der Waals surface area contributed by atoms with E-state index in [0.29, 0.717) is 11.2 Å². The molecule has 0 aromatic heterocycles. The van der Waals surface area contributed by atoms with Crippen molar-refractivity contribution >= 4 is 17.7 Å². The molecule has 0 bridgehead atoms. The highest BCUT2D eigenvalue weighted by Crippen LogP contribution is 2.30. The van der Waals surface area contributed by atoms with Gasteiger partial charge in [-0.1, -0.05) is 6.92 Å². The van der Waals surface area contributed by atoms with Crippen LogP contribution in [-0.2, 0) is 4.79 Å². The molecule has 4 heteroatoms. The van der Waals surface area contributed by atoms with E-state index < -0.39 is 0 Å². The summed E-state index contributed by atoms with van der Waals surface area (Å²) in [7, 11) is 0. The quantitative estimate of drug-likeness (QED) is 0.793. The number of hydrogen-bond donors (Lipinski definition) is 1. The predicted octanol–water partition coefficient (Wildman–Crippen LogP) is 1.34. The van der Waals surface area contributed by atoms with Crippen LogP contribution < -0.4 is 5.32 Å². The number of carbonyl (C=O) groups excluding carboxylic acids is 1. The van der Waals surface area contributed by atoms with Crippen molar-refractivity contribution in [2.45, 2.75) is 31.9 Å². The van der Waals surface area contributed by atoms with Crippen LogP contribution in [0.3, 0.4) is 0 Å². The van der Waals surface area contributed by atoms with Gasteiger partial charge in [-0.25, -0.2) is 0 Å². The fourth-order valence-electron chi connectivity index (χ4n) is 2.53. The van der Waals surface area contributed by atoms with Gasteiger partial charge in [0.25, 0.3) is 0 Å². The van der Waals surface area contributed by atoms with E-state index in [2.05, 4.69) is 24.1 Å². The Bertz CT molecular complexity index is 264. The summed E-state index contributed by atoms with van der Waals surface area (Å²) in [5.74, 6) is 1.48. The molecule has 16 heavy (non-hydrogen) atoms. The summed E-state index contributed by atoms with van der Waals surface area (Å²) in [6.45, 7) is 8.06. The molecule has 2 atom stereocenters. The number of amides is 1. The molecular weight excluding hydrogens is 220 g/mol. The fraction of sp³-hybridized carbons (Fsp3) is 0.917. The summed E-state index contributed by atoms with van der Waals surface area (Å²) in [5, 5.41) is 3.95. The third-order valence-corrected chi connectivity index (χ3v) is 5.14. The second kappa shape index (κ2) is 4.96. The molecule has 0 radical (unpaired) electrons. The highest BCUT2D eigenvalue weighted by Gasteiger charge is 2.40. The van der Waals surface area contributed by atoms with E-state index >= 15 is 0 Å². The highest BCUT2D eigenvalue weighted by atomic mass is 32.2. The van der Waals surface area contributed by atoms with Gasteiger partial charge in [0, 0.05) is 30.6 Å². The zero-order chi connectivity index (χ0) is 11.6. The predicted molar refractivity (Wildman–Crippen MR) is 68.7 cm³/mol. The van der Waals surface area contributed by atoms with Gasteiger partial charge in [0.2, 0.25) is 5.91 Å². The molecule has 1 N–H and O–H groups in total. The first-order valence-corrected chi connectivity index (χ1v) is 7.32. The average Bonchev–Trinajstić information content (AvgIpc) is 2.76. The van der Waals surface area contributed by atoms with E-state index in [-0.39, 0.29) is 5.41 Å². The number of thioether (sulfide) groups is 1. The normalized spacial score (nSPS) is 35.4. The molecular formula is C12H22N2OS. The first kappa shape index (κ1) is 12.2. The standard InChI is InChI=1S/C12H22N2OS/c1-3-10-8-14(6-7-16-10)11(15)12(2)4-5-13-9-12/h10,13H,3-9H2,1-2H3. The molecule has 2 aliphatic rings. The Balaban J connectivity index is 1.98. The van der Waals surface area contributed by atoms with E-state index in [1.165, 1.54) is 6.42 Å². The molecule has 2 heterocycles. The lowest BCUT2D eigenvalue weighted by Gasteiger charge is -2.36. The van der Waals surface area contributed by atoms with Crippen LogP contribution in [0.25, 0.3) is 0 Å². The highest BCUT2D eigenvalue weighted by molar-refractivity contribution is 8.00. The maximum atomic E-state index is 12.5. The first-order chi connectivity index (χ1) is 7.65. The molecule has 92 valence electrons. The fourth-order valence-corrected chi connectivity index (χ4v) is 3.71. The number of carbonyl (C=O) groups is 1. The molecule has 0 aromatic carbocycles. The Morgan fingerprint density at radius 1 is 1.62 bits per heavy atom. The third-order valence-electron chi connectivity index (χ3n) is 3.77. The Kier molecular flexibility index (Phi) is 3.80. The zero-order valence-corrected chi connectivity index (χ0v) is 11.1. The smallest absolute Gasteiger partial charge is 0.229 e. The van der Waals surface area contributed by atoms with Crippen molar-refractivity contribution in [3.8, 4) is 0 Å². The van der Waals surface area contributed by atoms with Gasteiger partial charge in [-0.05, 0) is 26.3 Å². The van der Waals surface area contributed by atoms with Crippen LogP contribution in [0.2, 0.25) is 0 Å². The van der Waals surface area contributed by atoms with Gasteiger partial charge in [0.05, 0.1) is 5.41 Å². The summed E-state index contributed by atoms with van der Waals surface area (Å²) >= 11 is 2.02. The van der Waals surface area contributed by atoms with Crippen LogP contribution in [0.5, 0.6) is 0 Å². The van der Waals surface area contributed by atoms with Gasteiger partial charge in [-0.2, -0.15) is 11.8 Å². The van der Waals surface area contributed by atoms with Crippen LogP contribution >= 0.6 is 11.8 Å². The van der Waals surface area contributed by atoms with Gasteiger partial charge in [-0.3, -0.25) is 4.79 Å². The Morgan fingerprint density at radius 2 is 2.44 bits per heavy atom. The summed E-state index contributed by atoms with van der Waals surface area (Å²) in [4.78, 5) is 14.6. The van der Waals surface area contributed by atoms with Crippen LogP contribution in [0.4, 0.5) is 0 Å². The lowest BCUT2D eigenvalue weighted by molar-refractivity contribution is -0.140. The van der Waals surface area contributed by atoms with Crippen LogP contribution in [-0.4, -0.2) is 48.0 Å². The Morgan fingerprint density at radius 3 is 3.06 bits per heavy atom. The van der Waals surface area contributed by atoms with Crippen molar-refractivity contribution in [2.24, 2.45) is 5.41 Å². The van der Waals surface area contributed by atoms with Crippen LogP contribution in [0, 0.1) is 5.41 Å². The summed E-state index contributed by atoms with van der Waals surface area (Å²) in [6, 6.07) is 0. The minimum Gasteiger partial charge on any atom is -0.340 e. The molecule has 2 fully saturated rings. The lowest BCUT2D eigenvalue weighted by Crippen LogP contribution is -2.49. The number of nitrogens with one attached hydrogen (secondary N) is 1. The molecule has 0 saturated carbocycles. The maximum absolute atomic E-state index is 12.5. The molecule has 1 amide bonds. The van der Waals surface area contributed by atoms with Crippen molar-refractivity contribution in [3.05, 3.63) is 0 Å². The first-order valence-electron chi connectivity index (χ1n) is 6.27. The van der Waals surface area contributed by atoms with E-state index in [4.69, 9.17) is 0 Å². The Hall–Kier alpha value is -0.220. The van der Waals surface area contributed by atoms with Crippen molar-refractivity contribution in [2.75, 3.05) is 31.9 Å². The molecule has 2 saturated heterocycles. The number of rotatable bonds is 2. The van der Waals surface area contributed by atoms with Gasteiger partial charge < -0.3 is 10.2 Å². The van der Waals surface area contributed by atoms with E-state index in [9.17, 15) is 4.79 Å². The van der Waals surface area contributed by atoms with Crippen LogP contribution in [0.15, 0.2) is 0 Å². The largest absolute Gasteiger partial charge is 0.340 e. The van der Waals surface area contributed by atoms with Gasteiger partial charge in [0.1, 0.15) is 0 Å². The van der Waals surface area contributed by atoms with Crippen molar-refractivity contribution in [1.29, 1.82) is 0 Å². The molecule has 0 aromatic rings. The molecule has 2 unspecified atom stereocenters. The monoisotopic (exact) mass is 242 g/mol. The summed E-state index contributed by atoms with van der Waals surface area (Å²) < 4.78 is 0. The average molecular weight is 242 g/mol. The van der Waals surface area contributed by atoms with Crippen molar-refractivity contribution < 1.29 is 4.79 Å². The second-order valence-corrected chi connectivity index (χ2v) is 6.55. The molecule has 3 nitrogen and oxygen atoms in total. The Labute approximate surface area is 102 Å². The lowest BCUT2D eigenvalue weighted by atomic mass is 9.88. The number of nitrogens with zero attached hydrogens (tertiary/aromatic N) is 1. The SMILES string of the molecule is CCC1CN(C(=O)C2(C)CCNC2)CCS1.